The summed E-state index contributed by atoms with van der Waals surface area (Å²) in [5.74, 6) is -5.47. The first kappa shape index (κ1) is 69.8. The van der Waals surface area contributed by atoms with Crippen molar-refractivity contribution >= 4 is 98.5 Å². The van der Waals surface area contributed by atoms with Crippen LogP contribution in [-0.2, 0) is 73.9 Å². The van der Waals surface area contributed by atoms with E-state index < -0.39 is 107 Å². The standard InChI is InChI=1S/C67H82F2N12O11S2/c1-38-59(85)76-53(30-43-34-72-50-17-13-45(68)32-48(43)50)61(87)77-55(31-44-35-73-51-18-14-46(69)33-49(44)51)64(90)80-25-19-56(80)62(88)79-58(39(2)82)63(89)78-54(29-40-11-15-47(83)16-12-40)65(91)81-24-7-21-67(81,3)66(92)71-23-27-94-37-42-9-6-8-41(28-42)36-93-26-20-57(84)75-52(60(86)74-38)10-4-5-22-70/h6,8-9,11-18,28,32-35,38-39,52-56,58,72-73,82-83H,4-5,7,10,19-27,29-31,36-37,70H2,1-3H3,(H,71,92)(H,74,86)(H,75,84)(H,76,85)(H,77,87)(H,78,89)(H,79,88)/t38-,39-,52+,53+,54+,55+,56+,58+,67+/m1/s1. The summed E-state index contributed by atoms with van der Waals surface area (Å²) in [7, 11) is 0. The number of fused-ring (bicyclic) bond motifs is 6. The number of phenols is 1. The fourth-order valence-corrected chi connectivity index (χ4v) is 13.8. The Bertz CT molecular complexity index is 3740. The maximum absolute atomic E-state index is 15.2. The number of H-pyrrole nitrogens is 2. The predicted octanol–water partition coefficient (Wildman–Crippen LogP) is 3.77. The molecule has 0 unspecified atom stereocenters. The summed E-state index contributed by atoms with van der Waals surface area (Å²) < 4.78 is 29.8. The molecule has 0 saturated carbocycles. The summed E-state index contributed by atoms with van der Waals surface area (Å²) in [5, 5.41) is 41.5. The lowest BCUT2D eigenvalue weighted by Gasteiger charge is -2.42. The fourth-order valence-electron chi connectivity index (χ4n) is 12.1. The van der Waals surface area contributed by atoms with Gasteiger partial charge in [0.05, 0.1) is 6.10 Å². The van der Waals surface area contributed by atoms with E-state index in [-0.39, 0.29) is 75.7 Å². The van der Waals surface area contributed by atoms with E-state index in [0.717, 1.165) is 11.1 Å². The Hall–Kier alpha value is -8.53. The Kier molecular flexibility index (Phi) is 23.8. The van der Waals surface area contributed by atoms with Gasteiger partial charge in [0.25, 0.3) is 0 Å². The molecule has 4 aromatic carbocycles. The van der Waals surface area contributed by atoms with Crippen molar-refractivity contribution in [3.05, 3.63) is 137 Å². The van der Waals surface area contributed by atoms with Crippen LogP contribution in [-0.4, -0.2) is 175 Å². The average molecular weight is 1330 g/mol. The number of nitrogens with zero attached hydrogens (tertiary/aromatic N) is 2. The van der Waals surface area contributed by atoms with Crippen LogP contribution >= 0.6 is 23.5 Å². The molecule has 27 heteroatoms. The van der Waals surface area contributed by atoms with Crippen molar-refractivity contribution in [3.63, 3.8) is 0 Å². The number of aromatic hydroxyl groups is 1. The third-order valence-corrected chi connectivity index (χ3v) is 19.6. The number of unbranched alkanes of at least 4 members (excludes halogenated alkanes) is 1. The summed E-state index contributed by atoms with van der Waals surface area (Å²) in [6, 6.07) is 12.2. The van der Waals surface area contributed by atoms with Crippen LogP contribution in [0.4, 0.5) is 8.78 Å². The van der Waals surface area contributed by atoms with E-state index >= 15 is 9.59 Å². The highest BCUT2D eigenvalue weighted by Gasteiger charge is 2.48. The van der Waals surface area contributed by atoms with Crippen LogP contribution in [0, 0.1) is 11.6 Å². The van der Waals surface area contributed by atoms with Crippen molar-refractivity contribution in [2.24, 2.45) is 5.73 Å². The van der Waals surface area contributed by atoms with Gasteiger partial charge >= 0.3 is 0 Å². The van der Waals surface area contributed by atoms with Crippen molar-refractivity contribution in [2.75, 3.05) is 37.7 Å². The summed E-state index contributed by atoms with van der Waals surface area (Å²) in [4.78, 5) is 139. The second-order valence-electron chi connectivity index (χ2n) is 24.5. The number of amides is 9. The van der Waals surface area contributed by atoms with Gasteiger partial charge in [-0.1, -0.05) is 36.4 Å². The molecule has 2 saturated heterocycles. The summed E-state index contributed by atoms with van der Waals surface area (Å²) in [6.07, 6.45) is 2.96. The number of aliphatic hydroxyl groups is 1. The normalized spacial score (nSPS) is 24.5. The quantitative estimate of drug-likeness (QED) is 0.0823. The second kappa shape index (κ2) is 32.1. The monoisotopic (exact) mass is 1330 g/mol. The number of nitrogens with one attached hydrogen (secondary N) is 9. The van der Waals surface area contributed by atoms with Crippen LogP contribution in [0.15, 0.2) is 97.3 Å². The molecule has 9 amide bonds. The zero-order valence-electron chi connectivity index (χ0n) is 52.7. The Balaban J connectivity index is 1.02. The molecule has 2 fully saturated rings. The number of benzene rings is 4. The molecule has 502 valence electrons. The number of hydrogen-bond acceptors (Lipinski definition) is 14. The van der Waals surface area contributed by atoms with Gasteiger partial charge in [0.1, 0.15) is 65.2 Å². The number of halogens is 2. The molecule has 3 aliphatic rings. The Morgan fingerprint density at radius 3 is 1.89 bits per heavy atom. The van der Waals surface area contributed by atoms with Gasteiger partial charge in [-0.2, -0.15) is 23.5 Å². The number of carbonyl (C=O) groups excluding carboxylic acids is 9. The lowest BCUT2D eigenvalue weighted by atomic mass is 9.95. The van der Waals surface area contributed by atoms with Crippen molar-refractivity contribution in [1.29, 1.82) is 0 Å². The SMILES string of the molecule is C[C@H]1NC(=O)[C@H](CCCCN)NC(=O)CCSCc2cccc(c2)CSCCNC(=O)[C@]2(C)CCCN2C(=O)[C@H](Cc2ccc(O)cc2)NC(=O)[C@H]([C@@H](C)O)NC(=O)[C@@H]2CCN2C(=O)[C@H](Cc2c[nH]c3ccc(F)cc23)NC(=O)[C@H](Cc2c[nH]c3ccc(F)cc23)NC1=O. The first-order valence-corrected chi connectivity index (χ1v) is 34.0. The van der Waals surface area contributed by atoms with Gasteiger partial charge in [0.15, 0.2) is 0 Å². The van der Waals surface area contributed by atoms with Gasteiger partial charge in [-0.15, -0.1) is 0 Å². The van der Waals surface area contributed by atoms with Crippen LogP contribution < -0.4 is 43.0 Å². The van der Waals surface area contributed by atoms with Gasteiger partial charge in [-0.3, -0.25) is 43.2 Å². The third kappa shape index (κ3) is 17.6. The second-order valence-corrected chi connectivity index (χ2v) is 26.7. The van der Waals surface area contributed by atoms with Gasteiger partial charge in [-0.25, -0.2) is 8.78 Å². The maximum Gasteiger partial charge on any atom is 0.246 e. The highest BCUT2D eigenvalue weighted by atomic mass is 32.2. The highest BCUT2D eigenvalue weighted by Crippen LogP contribution is 2.32. The number of thioether (sulfide) groups is 2. The predicted molar refractivity (Wildman–Crippen MR) is 353 cm³/mol. The summed E-state index contributed by atoms with van der Waals surface area (Å²) in [6.45, 7) is 5.09. The minimum absolute atomic E-state index is 0.0270. The molecule has 9 atom stereocenters. The third-order valence-electron chi connectivity index (χ3n) is 17.5. The molecular weight excluding hydrogens is 1250 g/mol. The van der Waals surface area contributed by atoms with E-state index in [0.29, 0.717) is 93.7 Å². The van der Waals surface area contributed by atoms with Gasteiger partial charge < -0.3 is 72.9 Å². The molecule has 0 radical (unpaired) electrons. The van der Waals surface area contributed by atoms with Crippen molar-refractivity contribution in [2.45, 2.75) is 150 Å². The van der Waals surface area contributed by atoms with Crippen LogP contribution in [0.1, 0.15) is 93.5 Å². The van der Waals surface area contributed by atoms with Crippen LogP contribution in [0.3, 0.4) is 0 Å². The van der Waals surface area contributed by atoms with Gasteiger partial charge in [-0.05, 0) is 142 Å². The van der Waals surface area contributed by atoms with E-state index in [9.17, 15) is 52.6 Å². The molecular formula is C67H82F2N12O11S2. The fraction of sp³-hybridized carbons (Fsp3) is 0.448. The Labute approximate surface area is 551 Å². The molecule has 3 aliphatic heterocycles. The first-order chi connectivity index (χ1) is 45.1. The Morgan fingerprint density at radius 1 is 0.660 bits per heavy atom. The van der Waals surface area contributed by atoms with Gasteiger partial charge in [0, 0.05) is 103 Å². The van der Waals surface area contributed by atoms with Crippen LogP contribution in [0.2, 0.25) is 0 Å². The molecule has 5 heterocycles. The van der Waals surface area contributed by atoms with E-state index in [1.165, 1.54) is 90.1 Å². The zero-order valence-corrected chi connectivity index (χ0v) is 54.3. The van der Waals surface area contributed by atoms with E-state index in [1.54, 1.807) is 37.0 Å². The number of hydrogen-bond donors (Lipinski definition) is 12. The zero-order chi connectivity index (χ0) is 67.2. The van der Waals surface area contributed by atoms with Crippen molar-refractivity contribution < 1.29 is 62.1 Å². The van der Waals surface area contributed by atoms with Crippen LogP contribution in [0.5, 0.6) is 5.75 Å². The smallest absolute Gasteiger partial charge is 0.246 e. The van der Waals surface area contributed by atoms with E-state index in [2.05, 4.69) is 53.3 Å². The minimum Gasteiger partial charge on any atom is -0.508 e. The maximum atomic E-state index is 15.2. The number of aromatic nitrogens is 2. The molecule has 0 aliphatic carbocycles. The van der Waals surface area contributed by atoms with Gasteiger partial charge in [0.2, 0.25) is 53.2 Å². The average Bonchev–Trinajstić information content (AvgIpc) is 1.46. The molecule has 2 bridgehead atoms. The number of carbonyl (C=O) groups is 9. The number of nitrogens with two attached hydrogens (primary N) is 1. The minimum atomic E-state index is -1.71. The molecule has 2 aromatic heterocycles. The molecule has 0 spiro atoms. The molecule has 6 aromatic rings. The summed E-state index contributed by atoms with van der Waals surface area (Å²) in [5.41, 5.74) is 8.86. The number of rotatable bonds is 11. The molecule has 23 nitrogen and oxygen atoms in total. The number of aliphatic hydroxyl groups excluding tert-OH is 1. The summed E-state index contributed by atoms with van der Waals surface area (Å²) >= 11 is 3.14. The number of phenolic OH excluding ortho intramolecular Hbond substituents is 1. The molecule has 9 rings (SSSR count). The molecule has 13 N–H and O–H groups in total. The lowest BCUT2D eigenvalue weighted by molar-refractivity contribution is -0.151. The van der Waals surface area contributed by atoms with Crippen molar-refractivity contribution in [3.8, 4) is 5.75 Å². The van der Waals surface area contributed by atoms with Crippen LogP contribution in [0.25, 0.3) is 21.8 Å². The largest absolute Gasteiger partial charge is 0.508 e. The van der Waals surface area contributed by atoms with E-state index in [4.69, 9.17) is 5.73 Å². The topological polar surface area (TPSA) is 342 Å². The Morgan fingerprint density at radius 2 is 1.27 bits per heavy atom. The van der Waals surface area contributed by atoms with Crippen molar-refractivity contribution in [1.82, 2.24) is 57.0 Å². The first-order valence-electron chi connectivity index (χ1n) is 31.7. The number of aromatic amines is 2. The van der Waals surface area contributed by atoms with E-state index in [1.807, 2.05) is 18.2 Å². The highest BCUT2D eigenvalue weighted by molar-refractivity contribution is 7.98. The molecule has 94 heavy (non-hydrogen) atoms. The lowest BCUT2D eigenvalue weighted by Crippen LogP contribution is -2.66.